The molecular weight excluding hydrogens is 369 g/mol. The Hall–Kier alpha value is -1.47. The number of benzene rings is 1. The molecule has 0 bridgehead atoms. The first-order chi connectivity index (χ1) is 10.5. The molecule has 0 aliphatic rings. The van der Waals surface area contributed by atoms with E-state index in [1.54, 1.807) is 24.3 Å². The van der Waals surface area contributed by atoms with Crippen molar-refractivity contribution in [1.82, 2.24) is 14.8 Å². The van der Waals surface area contributed by atoms with Crippen LogP contribution >= 0.6 is 46.1 Å². The lowest BCUT2D eigenvalue weighted by atomic mass is 10.3. The van der Waals surface area contributed by atoms with E-state index in [1.807, 2.05) is 0 Å². The van der Waals surface area contributed by atoms with Gasteiger partial charge in [-0.2, -0.15) is 4.68 Å². The maximum absolute atomic E-state index is 12.2. The zero-order chi connectivity index (χ0) is 15.9. The highest BCUT2D eigenvalue weighted by Crippen LogP contribution is 2.36. The molecule has 0 spiro atoms. The first-order valence-corrected chi connectivity index (χ1v) is 7.93. The molecule has 0 unspecified atom stereocenters. The Labute approximate surface area is 144 Å². The molecule has 0 amide bonds. The highest BCUT2D eigenvalue weighted by Gasteiger charge is 2.17. The zero-order valence-corrected chi connectivity index (χ0v) is 14.1. The van der Waals surface area contributed by atoms with Gasteiger partial charge in [-0.25, -0.2) is 4.79 Å². The van der Waals surface area contributed by atoms with Crippen molar-refractivity contribution >= 4 is 46.1 Å². The summed E-state index contributed by atoms with van der Waals surface area (Å²) in [6, 6.07) is 6.56. The number of nitrogens with one attached hydrogen (secondary N) is 1. The molecular formula is C13H8Cl3N3O2S. The van der Waals surface area contributed by atoms with Gasteiger partial charge in [-0.3, -0.25) is 4.98 Å². The summed E-state index contributed by atoms with van der Waals surface area (Å²) in [5, 5.41) is 4.71. The van der Waals surface area contributed by atoms with Gasteiger partial charge in [0.05, 0.1) is 17.0 Å². The van der Waals surface area contributed by atoms with E-state index in [-0.39, 0.29) is 0 Å². The predicted molar refractivity (Wildman–Crippen MR) is 89.1 cm³/mol. The van der Waals surface area contributed by atoms with E-state index in [4.69, 9.17) is 39.5 Å². The summed E-state index contributed by atoms with van der Waals surface area (Å²) in [5.41, 5.74) is 0.558. The van der Waals surface area contributed by atoms with E-state index >= 15 is 0 Å². The minimum Gasteiger partial charge on any atom is -0.494 e. The second-order valence-corrected chi connectivity index (χ2v) is 6.97. The van der Waals surface area contributed by atoms with E-state index in [0.717, 1.165) is 0 Å². The summed E-state index contributed by atoms with van der Waals surface area (Å²) in [7, 11) is 1.50. The molecule has 0 aliphatic heterocycles. The minimum atomic E-state index is -0.436. The average Bonchev–Trinajstić information content (AvgIpc) is 3.01. The van der Waals surface area contributed by atoms with Crippen LogP contribution in [0, 0.1) is 0 Å². The van der Waals surface area contributed by atoms with Crippen molar-refractivity contribution in [3.63, 3.8) is 0 Å². The maximum Gasteiger partial charge on any atom is 0.348 e. The van der Waals surface area contributed by atoms with Gasteiger partial charge in [0, 0.05) is 5.02 Å². The van der Waals surface area contributed by atoms with Gasteiger partial charge in [0.15, 0.2) is 5.82 Å². The Morgan fingerprint density at radius 1 is 1.27 bits per heavy atom. The maximum atomic E-state index is 12.2. The Balaban J connectivity index is 2.17. The molecule has 3 rings (SSSR count). The molecule has 0 fully saturated rings. The molecule has 2 heterocycles. The molecule has 2 aromatic heterocycles. The number of H-pyrrole nitrogens is 1. The predicted octanol–water partition coefficient (Wildman–Crippen LogP) is 4.26. The highest BCUT2D eigenvalue weighted by atomic mass is 35.5. The highest BCUT2D eigenvalue weighted by molar-refractivity contribution is 7.20. The molecule has 22 heavy (non-hydrogen) atoms. The quantitative estimate of drug-likeness (QED) is 0.743. The van der Waals surface area contributed by atoms with Gasteiger partial charge in [0.1, 0.15) is 15.8 Å². The lowest BCUT2D eigenvalue weighted by molar-refractivity contribution is 0.411. The topological polar surface area (TPSA) is 59.9 Å². The standard InChI is InChI=1S/C13H8Cl3N3O2S/c1-21-9-3-2-6(14)4-8(9)19-13(20)17-12(18-19)7-5-10(15)22-11(7)16/h2-5H,1H3,(H,17,18,20). The van der Waals surface area contributed by atoms with Crippen LogP contribution in [0.4, 0.5) is 0 Å². The van der Waals surface area contributed by atoms with Crippen molar-refractivity contribution in [3.05, 3.63) is 48.4 Å². The second kappa shape index (κ2) is 5.96. The Bertz CT molecular complexity index is 900. The Kier molecular flexibility index (Phi) is 4.18. The molecule has 0 atom stereocenters. The number of aromatic nitrogens is 3. The largest absolute Gasteiger partial charge is 0.494 e. The monoisotopic (exact) mass is 375 g/mol. The molecule has 0 aliphatic carbocycles. The van der Waals surface area contributed by atoms with Crippen LogP contribution in [-0.2, 0) is 0 Å². The van der Waals surface area contributed by atoms with Crippen LogP contribution in [0.5, 0.6) is 5.75 Å². The number of ether oxygens (including phenoxy) is 1. The van der Waals surface area contributed by atoms with Crippen molar-refractivity contribution in [3.8, 4) is 22.8 Å². The van der Waals surface area contributed by atoms with Crippen molar-refractivity contribution in [1.29, 1.82) is 0 Å². The molecule has 0 saturated heterocycles. The lowest BCUT2D eigenvalue weighted by Gasteiger charge is -2.07. The van der Waals surface area contributed by atoms with E-state index in [9.17, 15) is 4.79 Å². The van der Waals surface area contributed by atoms with Gasteiger partial charge in [-0.1, -0.05) is 34.8 Å². The van der Waals surface area contributed by atoms with E-state index < -0.39 is 5.69 Å². The van der Waals surface area contributed by atoms with Crippen molar-refractivity contribution in [2.24, 2.45) is 0 Å². The first kappa shape index (κ1) is 15.4. The van der Waals surface area contributed by atoms with Gasteiger partial charge < -0.3 is 4.74 Å². The Morgan fingerprint density at radius 2 is 2.05 bits per heavy atom. The SMILES string of the molecule is COc1ccc(Cl)cc1-n1nc(-c2cc(Cl)sc2Cl)[nH]c1=O. The fourth-order valence-corrected chi connectivity index (χ4v) is 3.57. The number of thiophene rings is 1. The van der Waals surface area contributed by atoms with Crippen molar-refractivity contribution < 1.29 is 4.74 Å². The molecule has 9 heteroatoms. The lowest BCUT2D eigenvalue weighted by Crippen LogP contribution is -2.16. The number of nitrogens with zero attached hydrogens (tertiary/aromatic N) is 2. The van der Waals surface area contributed by atoms with Gasteiger partial charge >= 0.3 is 5.69 Å². The smallest absolute Gasteiger partial charge is 0.348 e. The first-order valence-electron chi connectivity index (χ1n) is 5.98. The molecule has 114 valence electrons. The molecule has 1 aromatic carbocycles. The van der Waals surface area contributed by atoms with E-state index in [0.29, 0.717) is 36.5 Å². The summed E-state index contributed by atoms with van der Waals surface area (Å²) in [6.45, 7) is 0. The normalized spacial score (nSPS) is 10.9. The number of halogens is 3. The summed E-state index contributed by atoms with van der Waals surface area (Å²) < 4.78 is 7.36. The van der Waals surface area contributed by atoms with Crippen LogP contribution < -0.4 is 10.4 Å². The number of aromatic amines is 1. The second-order valence-electron chi connectivity index (χ2n) is 4.24. The van der Waals surface area contributed by atoms with Crippen molar-refractivity contribution in [2.75, 3.05) is 7.11 Å². The third kappa shape index (κ3) is 2.75. The number of hydrogen-bond acceptors (Lipinski definition) is 4. The summed E-state index contributed by atoms with van der Waals surface area (Å²) in [5.74, 6) is 0.791. The zero-order valence-electron chi connectivity index (χ0n) is 11.1. The third-order valence-electron chi connectivity index (χ3n) is 2.90. The third-order valence-corrected chi connectivity index (χ3v) is 4.62. The summed E-state index contributed by atoms with van der Waals surface area (Å²) in [6.07, 6.45) is 0. The fourth-order valence-electron chi connectivity index (χ4n) is 1.94. The van der Waals surface area contributed by atoms with Gasteiger partial charge in [-0.05, 0) is 24.3 Å². The number of rotatable bonds is 3. The molecule has 0 radical (unpaired) electrons. The van der Waals surface area contributed by atoms with E-state index in [2.05, 4.69) is 10.1 Å². The van der Waals surface area contributed by atoms with Crippen LogP contribution in [0.3, 0.4) is 0 Å². The Morgan fingerprint density at radius 3 is 2.68 bits per heavy atom. The van der Waals surface area contributed by atoms with Gasteiger partial charge in [-0.15, -0.1) is 16.4 Å². The summed E-state index contributed by atoms with van der Waals surface area (Å²) >= 11 is 19.2. The van der Waals surface area contributed by atoms with Crippen LogP contribution in [0.2, 0.25) is 13.7 Å². The average molecular weight is 377 g/mol. The van der Waals surface area contributed by atoms with Gasteiger partial charge in [0.25, 0.3) is 0 Å². The van der Waals surface area contributed by atoms with Crippen molar-refractivity contribution in [2.45, 2.75) is 0 Å². The van der Waals surface area contributed by atoms with Crippen LogP contribution in [-0.4, -0.2) is 21.9 Å². The van der Waals surface area contributed by atoms with Crippen LogP contribution in [0.25, 0.3) is 17.1 Å². The molecule has 5 nitrogen and oxygen atoms in total. The molecule has 3 aromatic rings. The number of hydrogen-bond donors (Lipinski definition) is 1. The van der Waals surface area contributed by atoms with Crippen LogP contribution in [0.15, 0.2) is 29.1 Å². The minimum absolute atomic E-state index is 0.320. The molecule has 0 saturated carbocycles. The van der Waals surface area contributed by atoms with Gasteiger partial charge in [0.2, 0.25) is 0 Å². The van der Waals surface area contributed by atoms with E-state index in [1.165, 1.54) is 23.1 Å². The van der Waals surface area contributed by atoms with Crippen LogP contribution in [0.1, 0.15) is 0 Å². The molecule has 1 N–H and O–H groups in total. The fraction of sp³-hybridized carbons (Fsp3) is 0.0769. The summed E-state index contributed by atoms with van der Waals surface area (Å²) in [4.78, 5) is 14.8. The number of methoxy groups -OCH3 is 1.